The van der Waals surface area contributed by atoms with Crippen molar-refractivity contribution < 1.29 is 52.5 Å². The first-order valence-corrected chi connectivity index (χ1v) is 9.10. The van der Waals surface area contributed by atoms with Crippen LogP contribution in [0.15, 0.2) is 60.7 Å². The molecule has 110 valence electrons. The molecule has 23 heavy (non-hydrogen) atoms. The van der Waals surface area contributed by atoms with Crippen LogP contribution in [0.5, 0.6) is 0 Å². The monoisotopic (exact) mass is 333 g/mol. The Morgan fingerprint density at radius 3 is 2.00 bits per heavy atom. The molecular formula is C15H14Li2NO3PS. The smallest absolute Gasteiger partial charge is 0.807 e. The van der Waals surface area contributed by atoms with Gasteiger partial charge in [0.15, 0.2) is 0 Å². The van der Waals surface area contributed by atoms with Gasteiger partial charge >= 0.3 is 37.7 Å². The molecule has 0 radical (unpaired) electrons. The number of carboxylic acid groups (broad SMARTS) is 1. The normalized spacial score (nSPS) is 13.8. The van der Waals surface area contributed by atoms with Gasteiger partial charge in [-0.3, -0.25) is 5.09 Å². The summed E-state index contributed by atoms with van der Waals surface area (Å²) in [6.45, 7) is 0. The summed E-state index contributed by atoms with van der Waals surface area (Å²) in [4.78, 5) is 23.8. The van der Waals surface area contributed by atoms with Crippen molar-refractivity contribution in [3.05, 3.63) is 66.2 Å². The number of hydrogen-bond acceptors (Lipinski definition) is 4. The summed E-state index contributed by atoms with van der Waals surface area (Å²) < 4.78 is 0. The maximum Gasteiger partial charge on any atom is 1.00 e. The number of carbonyl (C=O) groups excluding carboxylic acids is 1. The van der Waals surface area contributed by atoms with Gasteiger partial charge in [0.25, 0.3) is 0 Å². The van der Waals surface area contributed by atoms with Gasteiger partial charge in [-0.2, -0.15) is 0 Å². The van der Waals surface area contributed by atoms with Crippen LogP contribution in [0.2, 0.25) is 0 Å². The van der Waals surface area contributed by atoms with Crippen molar-refractivity contribution in [1.29, 1.82) is 0 Å². The molecule has 0 heterocycles. The number of aliphatic carboxylic acids is 1. The minimum Gasteiger partial charge on any atom is -0.807 e. The number of carbonyl (C=O) groups is 1. The van der Waals surface area contributed by atoms with Gasteiger partial charge in [0, 0.05) is 0 Å². The number of hydrogen-bond donors (Lipinski definition) is 1. The molecule has 2 aromatic carbocycles. The van der Waals surface area contributed by atoms with E-state index in [0.29, 0.717) is 5.30 Å². The Morgan fingerprint density at radius 1 is 1.04 bits per heavy atom. The van der Waals surface area contributed by atoms with Crippen LogP contribution in [0, 0.1) is 0 Å². The fourth-order valence-corrected chi connectivity index (χ4v) is 4.00. The molecule has 0 saturated carbocycles. The van der Waals surface area contributed by atoms with Crippen molar-refractivity contribution in [2.24, 2.45) is 0 Å². The summed E-state index contributed by atoms with van der Waals surface area (Å²) in [5.74, 6) is -1.32. The van der Waals surface area contributed by atoms with Crippen LogP contribution in [0.4, 0.5) is 0 Å². The molecule has 0 saturated heterocycles. The zero-order valence-electron chi connectivity index (χ0n) is 13.1. The van der Waals surface area contributed by atoms with E-state index in [1.165, 1.54) is 0 Å². The van der Waals surface area contributed by atoms with Gasteiger partial charge in [-0.1, -0.05) is 72.5 Å². The second kappa shape index (κ2) is 10.5. The second-order valence-corrected chi connectivity index (χ2v) is 8.00. The Labute approximate surface area is 165 Å². The molecule has 0 aliphatic heterocycles. The Morgan fingerprint density at radius 2 is 1.52 bits per heavy atom. The minimum absolute atomic E-state index is 0. The zero-order chi connectivity index (χ0) is 15.3. The van der Waals surface area contributed by atoms with Crippen LogP contribution in [0.1, 0.15) is 5.56 Å². The van der Waals surface area contributed by atoms with Gasteiger partial charge in [0.1, 0.15) is 0 Å². The predicted octanol–water partition coefficient (Wildman–Crippen LogP) is -6.06. The van der Waals surface area contributed by atoms with Crippen LogP contribution < -0.4 is 58.1 Å². The second-order valence-electron chi connectivity index (χ2n) is 4.58. The average molecular weight is 333 g/mol. The molecular weight excluding hydrogens is 319 g/mol. The van der Waals surface area contributed by atoms with Crippen molar-refractivity contribution in [1.82, 2.24) is 5.09 Å². The maximum atomic E-state index is 12.5. The Bertz CT molecular complexity index is 658. The van der Waals surface area contributed by atoms with Crippen molar-refractivity contribution in [3.63, 3.8) is 0 Å². The number of rotatable bonds is 6. The molecule has 0 bridgehead atoms. The molecule has 0 fully saturated rings. The molecule has 0 spiro atoms. The average Bonchev–Trinajstić information content (AvgIpc) is 2.48. The molecule has 0 aromatic heterocycles. The van der Waals surface area contributed by atoms with E-state index in [9.17, 15) is 14.8 Å². The van der Waals surface area contributed by atoms with Gasteiger partial charge < -0.3 is 14.8 Å². The first-order chi connectivity index (χ1) is 9.99. The molecule has 0 amide bonds. The zero-order valence-corrected chi connectivity index (χ0v) is 14.8. The fraction of sp³-hybridized carbons (Fsp3) is 0.133. The molecule has 0 aliphatic rings. The van der Waals surface area contributed by atoms with Gasteiger partial charge in [0.2, 0.25) is 0 Å². The molecule has 2 atom stereocenters. The summed E-state index contributed by atoms with van der Waals surface area (Å²) in [5.41, 5.74) is 0.808. The molecule has 4 nitrogen and oxygen atoms in total. The summed E-state index contributed by atoms with van der Waals surface area (Å²) in [6.07, 6.45) is -3.22. The summed E-state index contributed by atoms with van der Waals surface area (Å²) >= 11 is 5.07. The van der Waals surface area contributed by atoms with Crippen molar-refractivity contribution in [2.75, 3.05) is 0 Å². The third kappa shape index (κ3) is 6.98. The number of benzene rings is 2. The molecule has 8 heteroatoms. The van der Waals surface area contributed by atoms with Crippen LogP contribution in [0.3, 0.4) is 0 Å². The van der Waals surface area contributed by atoms with Crippen LogP contribution in [-0.4, -0.2) is 12.0 Å². The van der Waals surface area contributed by atoms with Gasteiger partial charge in [-0.25, -0.2) is 0 Å². The van der Waals surface area contributed by atoms with Gasteiger partial charge in [-0.05, 0) is 23.7 Å². The Kier molecular flexibility index (Phi) is 10.4. The fourth-order valence-electron chi connectivity index (χ4n) is 1.94. The van der Waals surface area contributed by atoms with E-state index >= 15 is 0 Å². The molecule has 2 rings (SSSR count). The van der Waals surface area contributed by atoms with Gasteiger partial charge in [0.05, 0.1) is 12.0 Å². The third-order valence-electron chi connectivity index (χ3n) is 2.99. The minimum atomic E-state index is -3.38. The summed E-state index contributed by atoms with van der Waals surface area (Å²) in [6, 6.07) is 16.4. The topological polar surface area (TPSA) is 75.2 Å². The summed E-state index contributed by atoms with van der Waals surface area (Å²) in [5, 5.41) is 14.3. The van der Waals surface area contributed by atoms with Crippen molar-refractivity contribution >= 4 is 29.5 Å². The Hall–Kier alpha value is -0.325. The number of nitrogens with one attached hydrogen (secondary N) is 1. The SMILES string of the molecule is O=C([O-])C(Cc1ccccc1)NP([O-])(=S)c1ccccc1.[Li+].[Li+]. The third-order valence-corrected chi connectivity index (χ3v) is 5.57. The molecule has 2 aromatic rings. The van der Waals surface area contributed by atoms with E-state index in [0.717, 1.165) is 5.56 Å². The van der Waals surface area contributed by atoms with Crippen molar-refractivity contribution in [2.45, 2.75) is 12.5 Å². The van der Waals surface area contributed by atoms with Crippen molar-refractivity contribution in [3.8, 4) is 0 Å². The first kappa shape index (κ1) is 22.7. The largest absolute Gasteiger partial charge is 1.00 e. The molecule has 2 unspecified atom stereocenters. The van der Waals surface area contributed by atoms with E-state index in [1.807, 2.05) is 18.2 Å². The summed E-state index contributed by atoms with van der Waals surface area (Å²) in [7, 11) is 0. The molecule has 1 N–H and O–H groups in total. The maximum absolute atomic E-state index is 12.5. The van der Waals surface area contributed by atoms with E-state index in [-0.39, 0.29) is 44.1 Å². The van der Waals surface area contributed by atoms with Gasteiger partial charge in [-0.15, -0.1) is 0 Å². The van der Waals surface area contributed by atoms with E-state index in [4.69, 9.17) is 11.8 Å². The van der Waals surface area contributed by atoms with Crippen LogP contribution >= 0.6 is 6.42 Å². The number of carboxylic acids is 1. The quantitative estimate of drug-likeness (QED) is 0.421. The predicted molar refractivity (Wildman–Crippen MR) is 82.4 cm³/mol. The van der Waals surface area contributed by atoms with E-state index in [1.54, 1.807) is 42.5 Å². The standard InChI is InChI=1S/C15H16NO3PS.2Li/c17-15(18)14(11-12-7-3-1-4-8-12)16-20(19,21)13-9-5-2-6-10-13;;/h1-10,14H,11H2,(H,17,18)(H2,16,19,21);;/q;2*+1/p-2. The van der Waals surface area contributed by atoms with E-state index in [2.05, 4.69) is 5.09 Å². The van der Waals surface area contributed by atoms with E-state index < -0.39 is 18.4 Å². The molecule has 0 aliphatic carbocycles. The van der Waals surface area contributed by atoms with Crippen LogP contribution in [-0.2, 0) is 23.0 Å². The first-order valence-electron chi connectivity index (χ1n) is 6.38. The van der Waals surface area contributed by atoms with Crippen LogP contribution in [0.25, 0.3) is 0 Å². The Balaban J connectivity index is 0.00000242.